The maximum absolute atomic E-state index is 10.0. The molecule has 3 aromatic heterocycles. The third kappa shape index (κ3) is 3.87. The molecule has 0 bridgehead atoms. The first kappa shape index (κ1) is 19.2. The summed E-state index contributed by atoms with van der Waals surface area (Å²) in [6.45, 7) is 7.32. The van der Waals surface area contributed by atoms with Crippen molar-refractivity contribution >= 4 is 16.9 Å². The minimum atomic E-state index is -1.17. The molecular weight excluding hydrogens is 374 g/mol. The number of aliphatic hydroxyl groups is 1. The number of hydrogen-bond donors (Lipinski definition) is 3. The molecule has 10 heteroatoms. The van der Waals surface area contributed by atoms with Gasteiger partial charge in [-0.05, 0) is 50.0 Å². The van der Waals surface area contributed by atoms with Crippen molar-refractivity contribution in [2.24, 2.45) is 0 Å². The van der Waals surface area contributed by atoms with Crippen molar-refractivity contribution in [3.05, 3.63) is 11.8 Å². The lowest BCUT2D eigenvalue weighted by atomic mass is 10.1. The largest absolute Gasteiger partial charge is 0.476 e. The number of imidazole rings is 1. The van der Waals surface area contributed by atoms with Crippen LogP contribution in [0.5, 0.6) is 5.88 Å². The molecular formula is C19H23N7O3. The number of fused-ring (bicyclic) bond motifs is 1. The zero-order valence-corrected chi connectivity index (χ0v) is 16.6. The quantitative estimate of drug-likeness (QED) is 0.537. The molecule has 4 N–H and O–H groups in total. The van der Waals surface area contributed by atoms with Crippen LogP contribution in [0, 0.1) is 11.8 Å². The highest BCUT2D eigenvalue weighted by Crippen LogP contribution is 2.30. The van der Waals surface area contributed by atoms with E-state index < -0.39 is 5.60 Å². The van der Waals surface area contributed by atoms with Crippen molar-refractivity contribution in [1.29, 1.82) is 0 Å². The molecule has 1 saturated heterocycles. The van der Waals surface area contributed by atoms with Gasteiger partial charge < -0.3 is 25.5 Å². The van der Waals surface area contributed by atoms with Crippen LogP contribution in [0.1, 0.15) is 32.9 Å². The lowest BCUT2D eigenvalue weighted by Crippen LogP contribution is -2.46. The number of hydrogen-bond acceptors (Lipinski definition) is 9. The highest BCUT2D eigenvalue weighted by Gasteiger charge is 2.22. The molecule has 0 unspecified atom stereocenters. The molecule has 29 heavy (non-hydrogen) atoms. The molecule has 1 fully saturated rings. The Bertz CT molecular complexity index is 1100. The average molecular weight is 397 g/mol. The summed E-state index contributed by atoms with van der Waals surface area (Å²) in [5.74, 6) is 6.83. The fourth-order valence-electron chi connectivity index (χ4n) is 3.00. The number of ether oxygens (including phenoxy) is 1. The lowest BCUT2D eigenvalue weighted by molar-refractivity contribution is 0.143. The molecule has 0 aliphatic carbocycles. The monoisotopic (exact) mass is 397 g/mol. The van der Waals surface area contributed by atoms with E-state index in [4.69, 9.17) is 15.1 Å². The molecule has 0 saturated carbocycles. The Hall–Kier alpha value is -3.16. The summed E-state index contributed by atoms with van der Waals surface area (Å²) in [6, 6.07) is 2.15. The first-order valence-electron chi connectivity index (χ1n) is 9.47. The van der Waals surface area contributed by atoms with Gasteiger partial charge >= 0.3 is 0 Å². The molecule has 0 spiro atoms. The Kier molecular flexibility index (Phi) is 4.86. The third-order valence-corrected chi connectivity index (χ3v) is 4.60. The standard InChI is InChI=1S/C19H23N7O3/c1-4-26-13-9-14(28-10-11-6-8-21-11)22-12(5-7-19(2,3)27)15(13)23-18(26)16-17(20)25-29-24-16/h9,11,21,27H,4,6,8,10H2,1-3H3,(H2,20,25)/t11-/m0/s1. The predicted octanol–water partition coefficient (Wildman–Crippen LogP) is 0.947. The van der Waals surface area contributed by atoms with Crippen LogP contribution in [0.4, 0.5) is 5.82 Å². The molecule has 0 radical (unpaired) electrons. The molecule has 3 aromatic rings. The van der Waals surface area contributed by atoms with Crippen molar-refractivity contribution < 1.29 is 14.5 Å². The average Bonchev–Trinajstić information content (AvgIpc) is 3.20. The summed E-state index contributed by atoms with van der Waals surface area (Å²) in [5, 5.41) is 20.8. The molecule has 1 aliphatic rings. The topological polar surface area (TPSA) is 137 Å². The number of nitrogen functional groups attached to an aromatic ring is 1. The molecule has 152 valence electrons. The van der Waals surface area contributed by atoms with Crippen LogP contribution in [0.25, 0.3) is 22.6 Å². The van der Waals surface area contributed by atoms with Crippen LogP contribution >= 0.6 is 0 Å². The molecule has 1 atom stereocenters. The van der Waals surface area contributed by atoms with E-state index in [1.807, 2.05) is 17.6 Å². The van der Waals surface area contributed by atoms with Crippen molar-refractivity contribution in [2.45, 2.75) is 45.4 Å². The van der Waals surface area contributed by atoms with E-state index in [2.05, 4.69) is 37.4 Å². The normalized spacial score (nSPS) is 16.3. The Morgan fingerprint density at radius 2 is 2.21 bits per heavy atom. The Morgan fingerprint density at radius 1 is 1.41 bits per heavy atom. The van der Waals surface area contributed by atoms with Crippen molar-refractivity contribution in [1.82, 2.24) is 30.2 Å². The summed E-state index contributed by atoms with van der Waals surface area (Å²) in [7, 11) is 0. The lowest BCUT2D eigenvalue weighted by Gasteiger charge is -2.27. The van der Waals surface area contributed by atoms with Gasteiger partial charge in [0.05, 0.1) is 5.52 Å². The van der Waals surface area contributed by atoms with E-state index >= 15 is 0 Å². The van der Waals surface area contributed by atoms with Gasteiger partial charge in [-0.2, -0.15) is 0 Å². The number of aryl methyl sites for hydroxylation is 1. The Labute approximate surface area is 167 Å². The van der Waals surface area contributed by atoms with Crippen molar-refractivity contribution in [3.8, 4) is 29.2 Å². The summed E-state index contributed by atoms with van der Waals surface area (Å²) in [4.78, 5) is 9.18. The molecule has 0 aromatic carbocycles. The summed E-state index contributed by atoms with van der Waals surface area (Å²) < 4.78 is 12.6. The van der Waals surface area contributed by atoms with E-state index in [0.717, 1.165) is 18.5 Å². The minimum Gasteiger partial charge on any atom is -0.476 e. The number of anilines is 1. The fraction of sp³-hybridized carbons (Fsp3) is 0.474. The van der Waals surface area contributed by atoms with Crippen molar-refractivity contribution in [3.63, 3.8) is 0 Å². The summed E-state index contributed by atoms with van der Waals surface area (Å²) >= 11 is 0. The molecule has 1 aliphatic heterocycles. The second-order valence-electron chi connectivity index (χ2n) is 7.41. The number of nitrogens with zero attached hydrogens (tertiary/aromatic N) is 5. The Morgan fingerprint density at radius 3 is 2.79 bits per heavy atom. The van der Waals surface area contributed by atoms with Gasteiger partial charge in [-0.25, -0.2) is 14.6 Å². The van der Waals surface area contributed by atoms with Gasteiger partial charge in [-0.1, -0.05) is 5.92 Å². The highest BCUT2D eigenvalue weighted by atomic mass is 16.6. The molecule has 10 nitrogen and oxygen atoms in total. The molecule has 4 heterocycles. The van der Waals surface area contributed by atoms with Crippen LogP contribution in [-0.4, -0.2) is 54.7 Å². The second kappa shape index (κ2) is 7.35. The first-order chi connectivity index (χ1) is 13.9. The molecule has 0 amide bonds. The van der Waals surface area contributed by atoms with Gasteiger partial charge in [0.15, 0.2) is 17.3 Å². The maximum Gasteiger partial charge on any atom is 0.216 e. The van der Waals surface area contributed by atoms with Crippen LogP contribution in [0.2, 0.25) is 0 Å². The number of rotatable bonds is 5. The number of pyridine rings is 1. The van der Waals surface area contributed by atoms with Crippen LogP contribution in [-0.2, 0) is 6.54 Å². The minimum absolute atomic E-state index is 0.152. The van der Waals surface area contributed by atoms with Crippen LogP contribution in [0.15, 0.2) is 10.7 Å². The summed E-state index contributed by atoms with van der Waals surface area (Å²) in [6.07, 6.45) is 1.07. The van der Waals surface area contributed by atoms with Gasteiger partial charge in [0.2, 0.25) is 5.88 Å². The maximum atomic E-state index is 10.0. The van der Waals surface area contributed by atoms with Gasteiger partial charge in [-0.15, -0.1) is 0 Å². The van der Waals surface area contributed by atoms with Crippen molar-refractivity contribution in [2.75, 3.05) is 18.9 Å². The zero-order chi connectivity index (χ0) is 20.6. The van der Waals surface area contributed by atoms with Gasteiger partial charge in [0.25, 0.3) is 0 Å². The van der Waals surface area contributed by atoms with E-state index in [9.17, 15) is 5.11 Å². The third-order valence-electron chi connectivity index (χ3n) is 4.60. The van der Waals surface area contributed by atoms with E-state index in [0.29, 0.717) is 47.8 Å². The zero-order valence-electron chi connectivity index (χ0n) is 16.6. The van der Waals surface area contributed by atoms with Gasteiger partial charge in [0, 0.05) is 18.7 Å². The predicted molar refractivity (Wildman–Crippen MR) is 106 cm³/mol. The highest BCUT2D eigenvalue weighted by molar-refractivity contribution is 5.86. The first-order valence-corrected chi connectivity index (χ1v) is 9.47. The summed E-state index contributed by atoms with van der Waals surface area (Å²) in [5.41, 5.74) is 6.81. The Balaban J connectivity index is 1.85. The molecule has 4 rings (SSSR count). The van der Waals surface area contributed by atoms with E-state index in [-0.39, 0.29) is 5.82 Å². The smallest absolute Gasteiger partial charge is 0.216 e. The number of aromatic nitrogens is 5. The number of nitrogens with two attached hydrogens (primary N) is 1. The second-order valence-corrected chi connectivity index (χ2v) is 7.41. The fourth-order valence-corrected chi connectivity index (χ4v) is 3.00. The van der Waals surface area contributed by atoms with Crippen LogP contribution < -0.4 is 15.8 Å². The van der Waals surface area contributed by atoms with E-state index in [1.165, 1.54) is 0 Å². The number of nitrogens with one attached hydrogen (secondary N) is 1. The van der Waals surface area contributed by atoms with Gasteiger partial charge in [0.1, 0.15) is 23.4 Å². The van der Waals surface area contributed by atoms with Crippen LogP contribution in [0.3, 0.4) is 0 Å². The van der Waals surface area contributed by atoms with Gasteiger partial charge in [-0.3, -0.25) is 0 Å². The van der Waals surface area contributed by atoms with E-state index in [1.54, 1.807) is 13.8 Å². The SMILES string of the molecule is CCn1c(-c2nonc2N)nc2c(C#CC(C)(C)O)nc(OC[C@@H]3CCN3)cc21.